The molecule has 0 bridgehead atoms. The fraction of sp³-hybridized carbons (Fsp3) is 0.375. The average Bonchev–Trinajstić information content (AvgIpc) is 2.95. The van der Waals surface area contributed by atoms with Crippen molar-refractivity contribution in [3.05, 3.63) is 52.8 Å². The quantitative estimate of drug-likeness (QED) is 0.940. The van der Waals surface area contributed by atoms with Crippen molar-refractivity contribution in [2.45, 2.75) is 25.6 Å². The van der Waals surface area contributed by atoms with E-state index in [9.17, 15) is 4.79 Å². The zero-order valence-electron chi connectivity index (χ0n) is 12.5. The van der Waals surface area contributed by atoms with E-state index in [2.05, 4.69) is 21.4 Å². The molecule has 1 aromatic carbocycles. The summed E-state index contributed by atoms with van der Waals surface area (Å²) in [4.78, 5) is 14.1. The fourth-order valence-electron chi connectivity index (χ4n) is 2.95. The largest absolute Gasteiger partial charge is 0.359 e. The minimum Gasteiger partial charge on any atom is -0.359 e. The SMILES string of the molecule is CNC(=O)C[C@H]1CN(Cc2cccc(Cl)c2)Cc2ccnn21. The van der Waals surface area contributed by atoms with Crippen LogP contribution in [0.5, 0.6) is 0 Å². The van der Waals surface area contributed by atoms with Crippen LogP contribution < -0.4 is 5.32 Å². The van der Waals surface area contributed by atoms with Gasteiger partial charge in [0, 0.05) is 37.9 Å². The van der Waals surface area contributed by atoms with E-state index < -0.39 is 0 Å². The maximum absolute atomic E-state index is 11.7. The summed E-state index contributed by atoms with van der Waals surface area (Å²) in [5.41, 5.74) is 2.32. The third-order valence-corrected chi connectivity index (χ3v) is 4.18. The highest BCUT2D eigenvalue weighted by Gasteiger charge is 2.27. The molecule has 2 aromatic rings. The topological polar surface area (TPSA) is 50.2 Å². The van der Waals surface area contributed by atoms with Crippen molar-refractivity contribution >= 4 is 17.5 Å². The zero-order valence-corrected chi connectivity index (χ0v) is 13.3. The number of benzene rings is 1. The van der Waals surface area contributed by atoms with Crippen LogP contribution in [-0.2, 0) is 17.9 Å². The number of hydrogen-bond acceptors (Lipinski definition) is 3. The van der Waals surface area contributed by atoms with Crippen molar-refractivity contribution in [1.29, 1.82) is 0 Å². The van der Waals surface area contributed by atoms with Crippen LogP contribution in [0, 0.1) is 0 Å². The van der Waals surface area contributed by atoms with Crippen LogP contribution in [0.2, 0.25) is 5.02 Å². The van der Waals surface area contributed by atoms with Crippen LogP contribution in [0.3, 0.4) is 0 Å². The zero-order chi connectivity index (χ0) is 15.5. The van der Waals surface area contributed by atoms with Crippen LogP contribution in [-0.4, -0.2) is 34.2 Å². The van der Waals surface area contributed by atoms with Gasteiger partial charge >= 0.3 is 0 Å². The number of aromatic nitrogens is 2. The van der Waals surface area contributed by atoms with Gasteiger partial charge in [-0.15, -0.1) is 0 Å². The highest BCUT2D eigenvalue weighted by Crippen LogP contribution is 2.24. The van der Waals surface area contributed by atoms with Crippen LogP contribution in [0.1, 0.15) is 23.7 Å². The van der Waals surface area contributed by atoms with E-state index in [-0.39, 0.29) is 11.9 Å². The van der Waals surface area contributed by atoms with Gasteiger partial charge in [0.05, 0.1) is 18.2 Å². The smallest absolute Gasteiger partial charge is 0.221 e. The molecule has 116 valence electrons. The maximum Gasteiger partial charge on any atom is 0.221 e. The summed E-state index contributed by atoms with van der Waals surface area (Å²) in [7, 11) is 1.67. The lowest BCUT2D eigenvalue weighted by atomic mass is 10.1. The van der Waals surface area contributed by atoms with Gasteiger partial charge in [0.2, 0.25) is 5.91 Å². The molecular formula is C16H19ClN4O. The lowest BCUT2D eigenvalue weighted by Crippen LogP contribution is -2.39. The van der Waals surface area contributed by atoms with E-state index in [0.717, 1.165) is 30.4 Å². The first-order valence-electron chi connectivity index (χ1n) is 7.35. The summed E-state index contributed by atoms with van der Waals surface area (Å²) >= 11 is 6.06. The second-order valence-corrected chi connectivity index (χ2v) is 6.03. The first kappa shape index (κ1) is 15.1. The molecule has 1 atom stereocenters. The normalized spacial score (nSPS) is 18.0. The Balaban J connectivity index is 1.76. The summed E-state index contributed by atoms with van der Waals surface area (Å²) < 4.78 is 1.98. The molecule has 5 nitrogen and oxygen atoms in total. The predicted octanol–water partition coefficient (Wildman–Crippen LogP) is 2.23. The molecule has 1 aromatic heterocycles. The Morgan fingerprint density at radius 2 is 2.32 bits per heavy atom. The number of nitrogens with one attached hydrogen (secondary N) is 1. The van der Waals surface area contributed by atoms with Crippen molar-refractivity contribution in [3.63, 3.8) is 0 Å². The number of halogens is 1. The monoisotopic (exact) mass is 318 g/mol. The van der Waals surface area contributed by atoms with Crippen LogP contribution in [0.15, 0.2) is 36.5 Å². The minimum atomic E-state index is 0.0380. The Kier molecular flexibility index (Phi) is 4.45. The molecule has 0 radical (unpaired) electrons. The highest BCUT2D eigenvalue weighted by atomic mass is 35.5. The molecule has 1 aliphatic heterocycles. The van der Waals surface area contributed by atoms with Gasteiger partial charge in [0.1, 0.15) is 0 Å². The second kappa shape index (κ2) is 6.50. The molecular weight excluding hydrogens is 300 g/mol. The third kappa shape index (κ3) is 3.31. The molecule has 6 heteroatoms. The van der Waals surface area contributed by atoms with E-state index in [0.29, 0.717) is 6.42 Å². The van der Waals surface area contributed by atoms with Crippen molar-refractivity contribution in [3.8, 4) is 0 Å². The van der Waals surface area contributed by atoms with Crippen molar-refractivity contribution in [2.75, 3.05) is 13.6 Å². The Hall–Kier alpha value is -1.85. The van der Waals surface area contributed by atoms with Crippen molar-refractivity contribution in [1.82, 2.24) is 20.0 Å². The molecule has 0 aliphatic carbocycles. The van der Waals surface area contributed by atoms with Gasteiger partial charge in [-0.2, -0.15) is 5.10 Å². The standard InChI is InChI=1S/C16H19ClN4O/c1-18-16(22)8-15-11-20(10-14-5-6-19-21(14)15)9-12-3-2-4-13(17)7-12/h2-7,15H,8-11H2,1H3,(H,18,22)/t15-/m0/s1. The first-order chi connectivity index (χ1) is 10.7. The Bertz CT molecular complexity index is 670. The van der Waals surface area contributed by atoms with Gasteiger partial charge in [-0.05, 0) is 23.8 Å². The van der Waals surface area contributed by atoms with Gasteiger partial charge in [-0.1, -0.05) is 23.7 Å². The van der Waals surface area contributed by atoms with Gasteiger partial charge in [0.15, 0.2) is 0 Å². The number of nitrogens with zero attached hydrogens (tertiary/aromatic N) is 3. The predicted molar refractivity (Wildman–Crippen MR) is 85.5 cm³/mol. The second-order valence-electron chi connectivity index (χ2n) is 5.60. The average molecular weight is 319 g/mol. The van der Waals surface area contributed by atoms with E-state index in [1.165, 1.54) is 5.56 Å². The summed E-state index contributed by atoms with van der Waals surface area (Å²) in [5.74, 6) is 0.0380. The van der Waals surface area contributed by atoms with Gasteiger partial charge < -0.3 is 5.32 Å². The highest BCUT2D eigenvalue weighted by molar-refractivity contribution is 6.30. The van der Waals surface area contributed by atoms with E-state index in [4.69, 9.17) is 11.6 Å². The number of carbonyl (C=O) groups is 1. The van der Waals surface area contributed by atoms with Crippen LogP contribution in [0.4, 0.5) is 0 Å². The molecule has 2 heterocycles. The van der Waals surface area contributed by atoms with Gasteiger partial charge in [-0.3, -0.25) is 14.4 Å². The van der Waals surface area contributed by atoms with Crippen molar-refractivity contribution in [2.24, 2.45) is 0 Å². The summed E-state index contributed by atoms with van der Waals surface area (Å²) in [5, 5.41) is 7.81. The number of hydrogen-bond donors (Lipinski definition) is 1. The Morgan fingerprint density at radius 1 is 1.45 bits per heavy atom. The molecule has 3 rings (SSSR count). The molecule has 1 amide bonds. The molecule has 0 unspecified atom stereocenters. The molecule has 22 heavy (non-hydrogen) atoms. The first-order valence-corrected chi connectivity index (χ1v) is 7.73. The number of fused-ring (bicyclic) bond motifs is 1. The maximum atomic E-state index is 11.7. The number of amides is 1. The number of carbonyl (C=O) groups excluding carboxylic acids is 1. The van der Waals surface area contributed by atoms with Gasteiger partial charge in [-0.25, -0.2) is 0 Å². The minimum absolute atomic E-state index is 0.0380. The molecule has 0 fully saturated rings. The molecule has 0 spiro atoms. The molecule has 1 aliphatic rings. The molecule has 0 saturated carbocycles. The van der Waals surface area contributed by atoms with Crippen LogP contribution in [0.25, 0.3) is 0 Å². The Morgan fingerprint density at radius 3 is 3.09 bits per heavy atom. The molecule has 0 saturated heterocycles. The van der Waals surface area contributed by atoms with Crippen molar-refractivity contribution < 1.29 is 4.79 Å². The summed E-state index contributed by atoms with van der Waals surface area (Å²) in [6.07, 6.45) is 2.24. The summed E-state index contributed by atoms with van der Waals surface area (Å²) in [6.45, 7) is 2.45. The fourth-order valence-corrected chi connectivity index (χ4v) is 3.16. The lowest BCUT2D eigenvalue weighted by Gasteiger charge is -2.33. The molecule has 1 N–H and O–H groups in total. The lowest BCUT2D eigenvalue weighted by molar-refractivity contribution is -0.121. The van der Waals surface area contributed by atoms with Gasteiger partial charge in [0.25, 0.3) is 0 Å². The summed E-state index contributed by atoms with van der Waals surface area (Å²) in [6, 6.07) is 9.99. The van der Waals surface area contributed by atoms with E-state index in [1.807, 2.05) is 28.9 Å². The van der Waals surface area contributed by atoms with E-state index in [1.54, 1.807) is 13.2 Å². The van der Waals surface area contributed by atoms with E-state index >= 15 is 0 Å². The van der Waals surface area contributed by atoms with Crippen LogP contribution >= 0.6 is 11.6 Å². The Labute approximate surface area is 134 Å². The number of rotatable bonds is 4. The third-order valence-electron chi connectivity index (χ3n) is 3.95.